The SMILES string of the molecule is C[Si]C.Cc1cc2c(-c3cc(C(F)(F)F)cc(C(F)(F)F)c3)cccc2[cH-]1.Cc1cc2c(-c3cc(C(F)(F)F)cc(C(F)(F)F)c3)cccc2[cH-]1.[Cl-].[Cl-].[Zr+4]. The minimum atomic E-state index is -4.86. The second-order valence-electron chi connectivity index (χ2n) is 11.8. The van der Waals surface area contributed by atoms with Crippen LogP contribution in [-0.4, -0.2) is 9.52 Å². The Hall–Kier alpha value is -3.06. The Labute approximate surface area is 337 Å². The molecule has 286 valence electrons. The van der Waals surface area contributed by atoms with E-state index < -0.39 is 47.0 Å². The normalized spacial score (nSPS) is 11.7. The van der Waals surface area contributed by atoms with Gasteiger partial charge >= 0.3 is 50.9 Å². The van der Waals surface area contributed by atoms with Crippen molar-refractivity contribution in [3.63, 3.8) is 0 Å². The summed E-state index contributed by atoms with van der Waals surface area (Å²) in [5.41, 5.74) is -2.99. The van der Waals surface area contributed by atoms with Crippen LogP contribution in [0.1, 0.15) is 33.4 Å². The molecule has 16 heteroatoms. The third-order valence-electron chi connectivity index (χ3n) is 7.59. The van der Waals surface area contributed by atoms with Crippen LogP contribution < -0.4 is 24.8 Å². The van der Waals surface area contributed by atoms with Crippen molar-refractivity contribution >= 4 is 31.1 Å². The molecule has 0 saturated heterocycles. The zero-order valence-electron chi connectivity index (χ0n) is 28.5. The van der Waals surface area contributed by atoms with Crippen LogP contribution in [0.4, 0.5) is 52.7 Å². The predicted molar refractivity (Wildman–Crippen MR) is 177 cm³/mol. The summed E-state index contributed by atoms with van der Waals surface area (Å²) < 4.78 is 156. The Bertz CT molecular complexity index is 1920. The summed E-state index contributed by atoms with van der Waals surface area (Å²) in [5, 5.41) is 2.80. The molecule has 6 aromatic carbocycles. The Morgan fingerprint density at radius 2 is 0.704 bits per heavy atom. The van der Waals surface area contributed by atoms with E-state index >= 15 is 0 Å². The minimum absolute atomic E-state index is 0. The fourth-order valence-electron chi connectivity index (χ4n) is 5.49. The molecule has 0 bridgehead atoms. The number of fused-ring (bicyclic) bond motifs is 2. The Kier molecular flexibility index (Phi) is 17.0. The maximum Gasteiger partial charge on any atom is 4.00 e. The molecule has 6 rings (SSSR count). The summed E-state index contributed by atoms with van der Waals surface area (Å²) in [5.74, 6) is 0. The zero-order chi connectivity index (χ0) is 38.1. The van der Waals surface area contributed by atoms with Gasteiger partial charge in [0.2, 0.25) is 0 Å². The second kappa shape index (κ2) is 18.7. The van der Waals surface area contributed by atoms with Crippen LogP contribution >= 0.6 is 0 Å². The number of alkyl halides is 12. The summed E-state index contributed by atoms with van der Waals surface area (Å²) in [6.45, 7) is 7.94. The van der Waals surface area contributed by atoms with Crippen molar-refractivity contribution in [2.75, 3.05) is 0 Å². The third kappa shape index (κ3) is 12.0. The van der Waals surface area contributed by atoms with Gasteiger partial charge in [-0.15, -0.1) is 69.1 Å². The summed E-state index contributed by atoms with van der Waals surface area (Å²) in [7, 11) is 1.08. The smallest absolute Gasteiger partial charge is 1.00 e. The Morgan fingerprint density at radius 3 is 0.944 bits per heavy atom. The van der Waals surface area contributed by atoms with Gasteiger partial charge in [-0.3, -0.25) is 0 Å². The topological polar surface area (TPSA) is 0 Å². The third-order valence-corrected chi connectivity index (χ3v) is 7.59. The first-order valence-electron chi connectivity index (χ1n) is 15.0. The van der Waals surface area contributed by atoms with Crippen LogP contribution in [0.3, 0.4) is 0 Å². The van der Waals surface area contributed by atoms with Gasteiger partial charge in [-0.25, -0.2) is 0 Å². The molecule has 0 aliphatic rings. The molecular weight excluding hydrogens is 875 g/mol. The quantitative estimate of drug-likeness (QED) is 0.0942. The fourth-order valence-corrected chi connectivity index (χ4v) is 5.49. The number of benzene rings is 4. The van der Waals surface area contributed by atoms with Gasteiger partial charge < -0.3 is 24.8 Å². The molecule has 6 aromatic rings. The molecule has 0 aromatic heterocycles. The van der Waals surface area contributed by atoms with Crippen LogP contribution in [0, 0.1) is 13.8 Å². The number of rotatable bonds is 2. The van der Waals surface area contributed by atoms with E-state index in [1.165, 1.54) is 12.1 Å². The van der Waals surface area contributed by atoms with Gasteiger partial charge in [-0.05, 0) is 47.5 Å². The molecule has 0 fully saturated rings. The first-order chi connectivity index (χ1) is 23.5. The van der Waals surface area contributed by atoms with E-state index in [0.717, 1.165) is 55.7 Å². The first kappa shape index (κ1) is 49.0. The monoisotopic (exact) mass is 900 g/mol. The first-order valence-corrected chi connectivity index (χ1v) is 17.0. The van der Waals surface area contributed by atoms with Crippen LogP contribution in [0.15, 0.2) is 97.1 Å². The molecule has 54 heavy (non-hydrogen) atoms. The summed E-state index contributed by atoms with van der Waals surface area (Å²) in [6, 6.07) is 20.3. The van der Waals surface area contributed by atoms with Gasteiger partial charge in [0.05, 0.1) is 22.3 Å². The largest absolute Gasteiger partial charge is 4.00 e. The van der Waals surface area contributed by atoms with Gasteiger partial charge in [0.1, 0.15) is 0 Å². The van der Waals surface area contributed by atoms with Crippen LogP contribution in [0.5, 0.6) is 0 Å². The predicted octanol–water partition coefficient (Wildman–Crippen LogP) is 7.94. The number of hydrogen-bond donors (Lipinski definition) is 0. The van der Waals surface area contributed by atoms with E-state index in [4.69, 9.17) is 0 Å². The van der Waals surface area contributed by atoms with Crippen molar-refractivity contribution in [3.05, 3.63) is 130 Å². The van der Waals surface area contributed by atoms with E-state index in [0.29, 0.717) is 21.9 Å². The van der Waals surface area contributed by atoms with Crippen molar-refractivity contribution < 1.29 is 104 Å². The van der Waals surface area contributed by atoms with Crippen molar-refractivity contribution in [3.8, 4) is 22.3 Å². The minimum Gasteiger partial charge on any atom is -1.00 e. The van der Waals surface area contributed by atoms with E-state index in [2.05, 4.69) is 13.1 Å². The molecular formula is C38H28Cl2F12SiZr. The van der Waals surface area contributed by atoms with Crippen molar-refractivity contribution in [1.29, 1.82) is 0 Å². The van der Waals surface area contributed by atoms with Crippen molar-refractivity contribution in [2.45, 2.75) is 51.6 Å². The van der Waals surface area contributed by atoms with Gasteiger partial charge in [0.15, 0.2) is 0 Å². The van der Waals surface area contributed by atoms with Crippen molar-refractivity contribution in [2.24, 2.45) is 0 Å². The van der Waals surface area contributed by atoms with E-state index in [1.807, 2.05) is 26.0 Å². The summed E-state index contributed by atoms with van der Waals surface area (Å²) in [6.07, 6.45) is -19.4. The van der Waals surface area contributed by atoms with E-state index in [1.54, 1.807) is 36.4 Å². The molecule has 0 atom stereocenters. The van der Waals surface area contributed by atoms with Gasteiger partial charge in [-0.2, -0.15) is 64.8 Å². The standard InChI is InChI=1S/2C18H11F6.C2H6Si.2ClH.Zr/c2*1-10-5-11-3-2-4-15(16(11)6-10)12-7-13(17(19,20)21)9-14(8-12)18(22,23)24;1-3-2;;;/h2*2-9H,1H3;1-2H3;2*1H;/q2*-1;;;;+4/p-2. The molecule has 0 aliphatic heterocycles. The van der Waals surface area contributed by atoms with Crippen molar-refractivity contribution in [1.82, 2.24) is 0 Å². The zero-order valence-corrected chi connectivity index (χ0v) is 33.5. The molecule has 0 spiro atoms. The summed E-state index contributed by atoms with van der Waals surface area (Å²) >= 11 is 0. The second-order valence-corrected chi connectivity index (χ2v) is 12.8. The Morgan fingerprint density at radius 1 is 0.444 bits per heavy atom. The maximum atomic E-state index is 13.0. The molecule has 2 radical (unpaired) electrons. The van der Waals surface area contributed by atoms with E-state index in [-0.39, 0.29) is 74.3 Å². The van der Waals surface area contributed by atoms with Gasteiger partial charge in [0, 0.05) is 9.52 Å². The molecule has 0 aliphatic carbocycles. The molecule has 0 unspecified atom stereocenters. The van der Waals surface area contributed by atoms with Crippen LogP contribution in [0.25, 0.3) is 43.8 Å². The van der Waals surface area contributed by atoms with Gasteiger partial charge in [-0.1, -0.05) is 50.2 Å². The van der Waals surface area contributed by atoms with Gasteiger partial charge in [0.25, 0.3) is 0 Å². The maximum absolute atomic E-state index is 13.0. The Balaban J connectivity index is 0.000000479. The number of aryl methyl sites for hydroxylation is 2. The van der Waals surface area contributed by atoms with Crippen LogP contribution in [-0.2, 0) is 50.9 Å². The fraction of sp³-hybridized carbons (Fsp3) is 0.211. The molecule has 0 saturated carbocycles. The average molecular weight is 903 g/mol. The molecule has 0 heterocycles. The molecule has 0 nitrogen and oxygen atoms in total. The van der Waals surface area contributed by atoms with Crippen LogP contribution in [0.2, 0.25) is 13.1 Å². The molecule has 0 amide bonds. The molecule has 0 N–H and O–H groups in total. The van der Waals surface area contributed by atoms with E-state index in [9.17, 15) is 52.7 Å². The number of hydrogen-bond acceptors (Lipinski definition) is 0. The average Bonchev–Trinajstić information content (AvgIpc) is 3.60. The number of halogens is 14. The summed E-state index contributed by atoms with van der Waals surface area (Å²) in [4.78, 5) is 0.